The van der Waals surface area contributed by atoms with Crippen molar-refractivity contribution in [3.05, 3.63) is 89.7 Å². The molecule has 0 aliphatic rings. The standard InChI is InChI=1S/C27H28FN7O/c1-3-18-9-13-20(14-10-18)30-26-33-25(29-17-24(36)32-23-8-6-5-7-22(23)28)34-27(35-26)31-21-15-11-19(4-2)12-16-21/h5-16H,3-4,17H2,1-2H3,(H,32,36)(H3,29,30,31,33,34,35). The fraction of sp³-hybridized carbons (Fsp3) is 0.185. The Morgan fingerprint density at radius 2 is 1.22 bits per heavy atom. The van der Waals surface area contributed by atoms with Crippen molar-refractivity contribution in [1.29, 1.82) is 0 Å². The van der Waals surface area contributed by atoms with Gasteiger partial charge in [-0.3, -0.25) is 4.79 Å². The summed E-state index contributed by atoms with van der Waals surface area (Å²) in [4.78, 5) is 25.6. The van der Waals surface area contributed by atoms with Crippen LogP contribution in [0.15, 0.2) is 72.8 Å². The van der Waals surface area contributed by atoms with E-state index in [2.05, 4.69) is 50.1 Å². The second kappa shape index (κ2) is 11.7. The quantitative estimate of drug-likeness (QED) is 0.229. The lowest BCUT2D eigenvalue weighted by atomic mass is 10.1. The number of benzene rings is 3. The highest BCUT2D eigenvalue weighted by Crippen LogP contribution is 2.20. The van der Waals surface area contributed by atoms with Crippen molar-refractivity contribution in [2.45, 2.75) is 26.7 Å². The predicted molar refractivity (Wildman–Crippen MR) is 142 cm³/mol. The topological polar surface area (TPSA) is 104 Å². The second-order valence-electron chi connectivity index (χ2n) is 8.04. The van der Waals surface area contributed by atoms with Crippen molar-refractivity contribution < 1.29 is 9.18 Å². The summed E-state index contributed by atoms with van der Waals surface area (Å²) >= 11 is 0. The van der Waals surface area contributed by atoms with Gasteiger partial charge >= 0.3 is 0 Å². The molecular formula is C27H28FN7O. The van der Waals surface area contributed by atoms with Crippen LogP contribution in [0.1, 0.15) is 25.0 Å². The molecule has 4 rings (SSSR count). The van der Waals surface area contributed by atoms with Crippen LogP contribution in [0.2, 0.25) is 0 Å². The summed E-state index contributed by atoms with van der Waals surface area (Å²) in [5, 5.41) is 11.8. The first kappa shape index (κ1) is 24.6. The molecule has 4 aromatic rings. The lowest BCUT2D eigenvalue weighted by Crippen LogP contribution is -2.23. The first-order valence-electron chi connectivity index (χ1n) is 11.8. The van der Waals surface area contributed by atoms with Gasteiger partial charge < -0.3 is 21.3 Å². The Hall–Kier alpha value is -4.53. The number of aromatic nitrogens is 3. The van der Waals surface area contributed by atoms with E-state index in [1.54, 1.807) is 12.1 Å². The van der Waals surface area contributed by atoms with Crippen LogP contribution >= 0.6 is 0 Å². The molecule has 1 amide bonds. The molecule has 0 radical (unpaired) electrons. The Bertz CT molecular complexity index is 1240. The van der Waals surface area contributed by atoms with Crippen LogP contribution in [-0.4, -0.2) is 27.4 Å². The maximum absolute atomic E-state index is 13.8. The minimum Gasteiger partial charge on any atom is -0.345 e. The number of nitrogens with one attached hydrogen (secondary N) is 4. The summed E-state index contributed by atoms with van der Waals surface area (Å²) in [6.07, 6.45) is 1.89. The van der Waals surface area contributed by atoms with Gasteiger partial charge in [0.05, 0.1) is 12.2 Å². The van der Waals surface area contributed by atoms with Gasteiger partial charge in [0.2, 0.25) is 23.8 Å². The molecule has 1 heterocycles. The van der Waals surface area contributed by atoms with Crippen molar-refractivity contribution >= 4 is 40.8 Å². The van der Waals surface area contributed by atoms with Gasteiger partial charge in [-0.1, -0.05) is 50.2 Å². The van der Waals surface area contributed by atoms with E-state index < -0.39 is 11.7 Å². The van der Waals surface area contributed by atoms with Crippen LogP contribution in [0.25, 0.3) is 0 Å². The van der Waals surface area contributed by atoms with Gasteiger partial charge in [0.25, 0.3) is 0 Å². The number of halogens is 1. The third-order valence-electron chi connectivity index (χ3n) is 5.43. The first-order valence-corrected chi connectivity index (χ1v) is 11.8. The average molecular weight is 486 g/mol. The van der Waals surface area contributed by atoms with Gasteiger partial charge in [-0.2, -0.15) is 15.0 Å². The zero-order valence-corrected chi connectivity index (χ0v) is 20.2. The Morgan fingerprint density at radius 1 is 0.722 bits per heavy atom. The van der Waals surface area contributed by atoms with Crippen molar-refractivity contribution in [3.63, 3.8) is 0 Å². The van der Waals surface area contributed by atoms with E-state index >= 15 is 0 Å². The molecule has 8 nitrogen and oxygen atoms in total. The Kier molecular flexibility index (Phi) is 8.02. The third-order valence-corrected chi connectivity index (χ3v) is 5.43. The Morgan fingerprint density at radius 3 is 1.72 bits per heavy atom. The highest BCUT2D eigenvalue weighted by Gasteiger charge is 2.11. The van der Waals surface area contributed by atoms with E-state index in [4.69, 9.17) is 0 Å². The van der Waals surface area contributed by atoms with Gasteiger partial charge in [-0.25, -0.2) is 4.39 Å². The van der Waals surface area contributed by atoms with E-state index in [0.29, 0.717) is 11.9 Å². The predicted octanol–water partition coefficient (Wildman–Crippen LogP) is 5.67. The Labute approximate surface area is 209 Å². The summed E-state index contributed by atoms with van der Waals surface area (Å²) in [5.74, 6) is -0.145. The number of carbonyl (C=O) groups is 1. The fourth-order valence-electron chi connectivity index (χ4n) is 3.39. The van der Waals surface area contributed by atoms with Crippen LogP contribution in [0.4, 0.5) is 39.3 Å². The monoisotopic (exact) mass is 485 g/mol. The summed E-state index contributed by atoms with van der Waals surface area (Å²) in [6, 6.07) is 21.9. The first-order chi connectivity index (χ1) is 17.5. The minimum absolute atomic E-state index is 0.107. The molecule has 3 aromatic carbocycles. The van der Waals surface area contributed by atoms with E-state index in [1.807, 2.05) is 48.5 Å². The maximum atomic E-state index is 13.8. The molecule has 0 aliphatic carbocycles. The SMILES string of the molecule is CCc1ccc(Nc2nc(NCC(=O)Nc3ccccc3F)nc(Nc3ccc(CC)cc3)n2)cc1. The number of nitrogens with zero attached hydrogens (tertiary/aromatic N) is 3. The van der Waals surface area contributed by atoms with Gasteiger partial charge in [-0.15, -0.1) is 0 Å². The summed E-state index contributed by atoms with van der Waals surface area (Å²) in [5.41, 5.74) is 4.19. The van der Waals surface area contributed by atoms with Crippen molar-refractivity contribution in [2.75, 3.05) is 27.8 Å². The molecule has 9 heteroatoms. The van der Waals surface area contributed by atoms with Crippen LogP contribution in [0.3, 0.4) is 0 Å². The number of hydrogen-bond donors (Lipinski definition) is 4. The lowest BCUT2D eigenvalue weighted by Gasteiger charge is -2.12. The van der Waals surface area contributed by atoms with E-state index in [9.17, 15) is 9.18 Å². The molecule has 0 unspecified atom stereocenters. The highest BCUT2D eigenvalue weighted by molar-refractivity contribution is 5.93. The zero-order valence-electron chi connectivity index (χ0n) is 20.2. The molecule has 0 atom stereocenters. The molecule has 0 saturated carbocycles. The molecule has 0 fully saturated rings. The summed E-state index contributed by atoms with van der Waals surface area (Å²) in [6.45, 7) is 4.03. The highest BCUT2D eigenvalue weighted by atomic mass is 19.1. The molecular weight excluding hydrogens is 457 g/mol. The molecule has 184 valence electrons. The largest absolute Gasteiger partial charge is 0.345 e. The third kappa shape index (κ3) is 6.75. The van der Waals surface area contributed by atoms with Crippen LogP contribution in [0, 0.1) is 5.82 Å². The van der Waals surface area contributed by atoms with E-state index in [1.165, 1.54) is 23.3 Å². The summed E-state index contributed by atoms with van der Waals surface area (Å²) in [7, 11) is 0. The molecule has 36 heavy (non-hydrogen) atoms. The van der Waals surface area contributed by atoms with Crippen molar-refractivity contribution in [2.24, 2.45) is 0 Å². The van der Waals surface area contributed by atoms with Gasteiger partial charge in [-0.05, 0) is 60.4 Å². The van der Waals surface area contributed by atoms with Gasteiger partial charge in [0, 0.05) is 11.4 Å². The van der Waals surface area contributed by atoms with Crippen molar-refractivity contribution in [1.82, 2.24) is 15.0 Å². The zero-order chi connectivity index (χ0) is 25.3. The van der Waals surface area contributed by atoms with Crippen LogP contribution in [0.5, 0.6) is 0 Å². The normalized spacial score (nSPS) is 10.5. The number of rotatable bonds is 10. The smallest absolute Gasteiger partial charge is 0.243 e. The van der Waals surface area contributed by atoms with Crippen LogP contribution in [-0.2, 0) is 17.6 Å². The number of aryl methyl sites for hydroxylation is 2. The maximum Gasteiger partial charge on any atom is 0.243 e. The molecule has 0 saturated heterocycles. The minimum atomic E-state index is -0.507. The number of carbonyl (C=O) groups excluding carboxylic acids is 1. The molecule has 0 spiro atoms. The van der Waals surface area contributed by atoms with E-state index in [-0.39, 0.29) is 18.2 Å². The number of anilines is 6. The molecule has 4 N–H and O–H groups in total. The van der Waals surface area contributed by atoms with E-state index in [0.717, 1.165) is 24.2 Å². The van der Waals surface area contributed by atoms with Crippen molar-refractivity contribution in [3.8, 4) is 0 Å². The Balaban J connectivity index is 1.52. The fourth-order valence-corrected chi connectivity index (χ4v) is 3.39. The molecule has 0 aliphatic heterocycles. The number of amides is 1. The molecule has 1 aromatic heterocycles. The van der Waals surface area contributed by atoms with Gasteiger partial charge in [0.1, 0.15) is 5.82 Å². The number of para-hydroxylation sites is 1. The second-order valence-corrected chi connectivity index (χ2v) is 8.04. The molecule has 0 bridgehead atoms. The average Bonchev–Trinajstić information content (AvgIpc) is 2.90. The number of hydrogen-bond acceptors (Lipinski definition) is 7. The lowest BCUT2D eigenvalue weighted by molar-refractivity contribution is -0.114. The van der Waals surface area contributed by atoms with Crippen LogP contribution < -0.4 is 21.3 Å². The summed E-state index contributed by atoms with van der Waals surface area (Å²) < 4.78 is 13.8. The van der Waals surface area contributed by atoms with Gasteiger partial charge in [0.15, 0.2) is 0 Å².